The Labute approximate surface area is 158 Å². The summed E-state index contributed by atoms with van der Waals surface area (Å²) >= 11 is 12.1. The molecule has 0 bridgehead atoms. The molecule has 1 aliphatic carbocycles. The molecule has 6 heteroatoms. The lowest BCUT2D eigenvalue weighted by Crippen LogP contribution is -2.58. The molecule has 25 heavy (non-hydrogen) atoms. The van der Waals surface area contributed by atoms with Crippen LogP contribution in [-0.4, -0.2) is 23.9 Å². The summed E-state index contributed by atoms with van der Waals surface area (Å²) in [7, 11) is 0. The van der Waals surface area contributed by atoms with Crippen LogP contribution in [0.3, 0.4) is 0 Å². The van der Waals surface area contributed by atoms with Crippen LogP contribution in [0.4, 0.5) is 0 Å². The number of rotatable bonds is 3. The third kappa shape index (κ3) is 3.80. The molecule has 2 aliphatic rings. The molecule has 0 radical (unpaired) electrons. The molecule has 2 fully saturated rings. The van der Waals surface area contributed by atoms with Gasteiger partial charge in [-0.25, -0.2) is 0 Å². The fourth-order valence-corrected chi connectivity index (χ4v) is 4.81. The van der Waals surface area contributed by atoms with Crippen LogP contribution in [0.5, 0.6) is 0 Å². The zero-order chi connectivity index (χ0) is 18.1. The number of amides is 2. The van der Waals surface area contributed by atoms with E-state index >= 15 is 0 Å². The fourth-order valence-electron chi connectivity index (χ4n) is 4.44. The van der Waals surface area contributed by atoms with Crippen molar-refractivity contribution in [3.05, 3.63) is 33.8 Å². The number of carbonyl (C=O) groups excluding carboxylic acids is 2. The minimum atomic E-state index is -0.211. The largest absolute Gasteiger partial charge is 0.353 e. The normalized spacial score (nSPS) is 31.8. The second kappa shape index (κ2) is 7.55. The highest BCUT2D eigenvalue weighted by Crippen LogP contribution is 2.39. The van der Waals surface area contributed by atoms with Crippen molar-refractivity contribution in [2.45, 2.75) is 51.6 Å². The number of halogens is 2. The lowest BCUT2D eigenvalue weighted by Gasteiger charge is -2.46. The number of hydrogen-bond donors (Lipinski definition) is 2. The molecule has 1 aromatic carbocycles. The molecule has 1 heterocycles. The molecule has 5 atom stereocenters. The third-order valence-corrected chi connectivity index (χ3v) is 6.39. The van der Waals surface area contributed by atoms with Gasteiger partial charge in [-0.2, -0.15) is 0 Å². The number of hydrogen-bond acceptors (Lipinski definition) is 2. The van der Waals surface area contributed by atoms with Crippen molar-refractivity contribution in [2.75, 3.05) is 0 Å². The monoisotopic (exact) mass is 382 g/mol. The number of piperidine rings is 1. The van der Waals surface area contributed by atoms with E-state index in [4.69, 9.17) is 23.2 Å². The third-order valence-electron chi connectivity index (χ3n) is 5.83. The van der Waals surface area contributed by atoms with E-state index in [1.807, 2.05) is 0 Å². The maximum atomic E-state index is 12.5. The van der Waals surface area contributed by atoms with Gasteiger partial charge in [0.25, 0.3) is 5.91 Å². The number of nitrogens with one attached hydrogen (secondary N) is 2. The smallest absolute Gasteiger partial charge is 0.253 e. The summed E-state index contributed by atoms with van der Waals surface area (Å²) in [4.78, 5) is 24.8. The predicted molar refractivity (Wildman–Crippen MR) is 99.9 cm³/mol. The van der Waals surface area contributed by atoms with E-state index in [1.165, 1.54) is 0 Å². The summed E-state index contributed by atoms with van der Waals surface area (Å²) in [6, 6.07) is 5.05. The van der Waals surface area contributed by atoms with E-state index in [0.717, 1.165) is 25.7 Å². The highest BCUT2D eigenvalue weighted by molar-refractivity contribution is 6.35. The van der Waals surface area contributed by atoms with Gasteiger partial charge >= 0.3 is 0 Å². The van der Waals surface area contributed by atoms with Gasteiger partial charge in [-0.05, 0) is 55.7 Å². The topological polar surface area (TPSA) is 58.2 Å². The van der Waals surface area contributed by atoms with E-state index in [-0.39, 0.29) is 29.8 Å². The Kier molecular flexibility index (Phi) is 5.59. The first kappa shape index (κ1) is 18.5. The second-order valence-corrected chi connectivity index (χ2v) is 8.10. The Morgan fingerprint density at radius 3 is 2.80 bits per heavy atom. The molecule has 0 spiro atoms. The average Bonchev–Trinajstić information content (AvgIpc) is 2.57. The van der Waals surface area contributed by atoms with Crippen LogP contribution in [0.15, 0.2) is 18.2 Å². The van der Waals surface area contributed by atoms with Crippen LogP contribution in [-0.2, 0) is 4.79 Å². The molecule has 0 aromatic heterocycles. The van der Waals surface area contributed by atoms with Gasteiger partial charge < -0.3 is 10.6 Å². The van der Waals surface area contributed by atoms with Crippen molar-refractivity contribution in [3.63, 3.8) is 0 Å². The maximum Gasteiger partial charge on any atom is 0.253 e. The lowest BCUT2D eigenvalue weighted by molar-refractivity contribution is -0.133. The number of benzene rings is 1. The predicted octanol–water partition coefficient (Wildman–Crippen LogP) is 4.05. The Hall–Kier alpha value is -1.26. The van der Waals surface area contributed by atoms with Crippen molar-refractivity contribution >= 4 is 35.0 Å². The van der Waals surface area contributed by atoms with Gasteiger partial charge in [-0.15, -0.1) is 0 Å². The molecule has 2 amide bonds. The molecular formula is C19H24Cl2N2O2. The van der Waals surface area contributed by atoms with Crippen LogP contribution in [0.25, 0.3) is 0 Å². The highest BCUT2D eigenvalue weighted by atomic mass is 35.5. The van der Waals surface area contributed by atoms with Crippen molar-refractivity contribution < 1.29 is 9.59 Å². The molecular weight excluding hydrogens is 359 g/mol. The Balaban J connectivity index is 1.66. The molecule has 5 unspecified atom stereocenters. The van der Waals surface area contributed by atoms with Crippen LogP contribution in [0, 0.1) is 17.8 Å². The van der Waals surface area contributed by atoms with Crippen molar-refractivity contribution in [3.8, 4) is 0 Å². The van der Waals surface area contributed by atoms with Crippen molar-refractivity contribution in [1.82, 2.24) is 10.6 Å². The summed E-state index contributed by atoms with van der Waals surface area (Å²) < 4.78 is 0. The van der Waals surface area contributed by atoms with E-state index in [9.17, 15) is 9.59 Å². The minimum absolute atomic E-state index is 0.0366. The van der Waals surface area contributed by atoms with E-state index < -0.39 is 0 Å². The Morgan fingerprint density at radius 2 is 2.08 bits per heavy atom. The van der Waals surface area contributed by atoms with Crippen LogP contribution < -0.4 is 10.6 Å². The SMILES string of the molecule is CCC1C(=O)NC2CC(NC(=O)c3cc(Cl)ccc3Cl)CCC2C1C. The fraction of sp³-hybridized carbons (Fsp3) is 0.579. The summed E-state index contributed by atoms with van der Waals surface area (Å²) in [5.74, 6) is 0.935. The maximum absolute atomic E-state index is 12.5. The summed E-state index contributed by atoms with van der Waals surface area (Å²) in [5.41, 5.74) is 0.392. The molecule has 1 saturated carbocycles. The first-order chi connectivity index (χ1) is 11.9. The number of carbonyl (C=O) groups is 2. The quantitative estimate of drug-likeness (QED) is 0.827. The second-order valence-electron chi connectivity index (χ2n) is 7.26. The molecule has 1 aromatic rings. The van der Waals surface area contributed by atoms with E-state index in [1.54, 1.807) is 18.2 Å². The summed E-state index contributed by atoms with van der Waals surface area (Å²) in [6.07, 6.45) is 3.57. The molecule has 1 saturated heterocycles. The molecule has 136 valence electrons. The van der Waals surface area contributed by atoms with Gasteiger partial charge in [0.1, 0.15) is 0 Å². The average molecular weight is 383 g/mol. The number of fused-ring (bicyclic) bond motifs is 1. The lowest BCUT2D eigenvalue weighted by atomic mass is 9.67. The molecule has 1 aliphatic heterocycles. The van der Waals surface area contributed by atoms with Gasteiger partial charge in [0.2, 0.25) is 5.91 Å². The van der Waals surface area contributed by atoms with Crippen molar-refractivity contribution in [2.24, 2.45) is 17.8 Å². The zero-order valence-electron chi connectivity index (χ0n) is 14.5. The van der Waals surface area contributed by atoms with Gasteiger partial charge in [-0.3, -0.25) is 9.59 Å². The molecule has 3 rings (SSSR count). The van der Waals surface area contributed by atoms with Gasteiger partial charge in [0.05, 0.1) is 10.6 Å². The van der Waals surface area contributed by atoms with E-state index in [2.05, 4.69) is 24.5 Å². The van der Waals surface area contributed by atoms with Gasteiger partial charge in [-0.1, -0.05) is 37.0 Å². The summed E-state index contributed by atoms with van der Waals surface area (Å²) in [6.45, 7) is 4.26. The Bertz CT molecular complexity index is 679. The van der Waals surface area contributed by atoms with Gasteiger partial charge in [0.15, 0.2) is 0 Å². The zero-order valence-corrected chi connectivity index (χ0v) is 16.0. The minimum Gasteiger partial charge on any atom is -0.353 e. The van der Waals surface area contributed by atoms with Crippen LogP contribution in [0.2, 0.25) is 10.0 Å². The first-order valence-corrected chi connectivity index (χ1v) is 9.72. The standard InChI is InChI=1S/C19H24Cl2N2O2/c1-3-13-10(2)14-6-5-12(9-17(14)23-18(13)24)22-19(25)15-8-11(20)4-7-16(15)21/h4,7-8,10,12-14,17H,3,5-6,9H2,1-2H3,(H,22,25)(H,23,24). The molecule has 4 nitrogen and oxygen atoms in total. The Morgan fingerprint density at radius 1 is 1.32 bits per heavy atom. The van der Waals surface area contributed by atoms with Crippen molar-refractivity contribution in [1.29, 1.82) is 0 Å². The highest BCUT2D eigenvalue weighted by Gasteiger charge is 2.43. The van der Waals surface area contributed by atoms with E-state index in [0.29, 0.717) is 27.4 Å². The molecule has 2 N–H and O–H groups in total. The van der Waals surface area contributed by atoms with Gasteiger partial charge in [0, 0.05) is 23.0 Å². The van der Waals surface area contributed by atoms with Crippen LogP contribution in [0.1, 0.15) is 49.9 Å². The van der Waals surface area contributed by atoms with Crippen LogP contribution >= 0.6 is 23.2 Å². The summed E-state index contributed by atoms with van der Waals surface area (Å²) in [5, 5.41) is 7.11. The first-order valence-electron chi connectivity index (χ1n) is 8.97.